The lowest BCUT2D eigenvalue weighted by molar-refractivity contribution is -0.142. The highest BCUT2D eigenvalue weighted by molar-refractivity contribution is 7.12. The van der Waals surface area contributed by atoms with Crippen LogP contribution in [0.1, 0.15) is 101 Å². The lowest BCUT2D eigenvalue weighted by Gasteiger charge is -2.15. The topological polar surface area (TPSA) is 137 Å². The van der Waals surface area contributed by atoms with Gasteiger partial charge in [-0.2, -0.15) is 36.5 Å². The average Bonchev–Trinajstić information content (AvgIpc) is 3.96. The molecule has 0 saturated heterocycles. The number of fused-ring (bicyclic) bond motifs is 2. The van der Waals surface area contributed by atoms with Gasteiger partial charge in [0.05, 0.1) is 16.3 Å². The fourth-order valence-corrected chi connectivity index (χ4v) is 7.14. The average molecular weight is 816 g/mol. The van der Waals surface area contributed by atoms with Crippen molar-refractivity contribution in [3.63, 3.8) is 0 Å². The summed E-state index contributed by atoms with van der Waals surface area (Å²) in [5.41, 5.74) is 8.37. The third kappa shape index (κ3) is 11.1. The van der Waals surface area contributed by atoms with E-state index in [1.807, 2.05) is 5.38 Å². The largest absolute Gasteiger partial charge is 0.435 e. The number of hydrogen-bond acceptors (Lipinski definition) is 6. The van der Waals surface area contributed by atoms with Gasteiger partial charge >= 0.3 is 12.4 Å². The molecule has 0 fully saturated rings. The van der Waals surface area contributed by atoms with Crippen molar-refractivity contribution in [3.05, 3.63) is 116 Å². The van der Waals surface area contributed by atoms with E-state index >= 15 is 0 Å². The zero-order chi connectivity index (χ0) is 41.3. The van der Waals surface area contributed by atoms with Gasteiger partial charge in [0.15, 0.2) is 11.4 Å². The summed E-state index contributed by atoms with van der Waals surface area (Å²) in [6, 6.07) is 17.6. The number of rotatable bonds is 8. The first kappa shape index (κ1) is 42.7. The fraction of sp³-hybridized carbons (Fsp3) is 0.375. The summed E-state index contributed by atoms with van der Waals surface area (Å²) in [7, 11) is 0. The molecule has 0 radical (unpaired) electrons. The quantitative estimate of drug-likeness (QED) is 0.136. The number of aromatic nitrogens is 4. The lowest BCUT2D eigenvalue weighted by Crippen LogP contribution is -2.21. The second-order valence-corrected chi connectivity index (χ2v) is 14.4. The highest BCUT2D eigenvalue weighted by Gasteiger charge is 2.40. The Bertz CT molecular complexity index is 2140. The molecule has 3 amide bonds. The second kappa shape index (κ2) is 18.7. The monoisotopic (exact) mass is 815 g/mol. The van der Waals surface area contributed by atoms with E-state index in [2.05, 4.69) is 20.8 Å². The first-order valence-corrected chi connectivity index (χ1v) is 19.3. The first-order chi connectivity index (χ1) is 27.1. The number of hydrogen-bond donors (Lipinski definition) is 3. The van der Waals surface area contributed by atoms with Crippen molar-refractivity contribution >= 4 is 29.1 Å². The van der Waals surface area contributed by atoms with E-state index in [9.17, 15) is 40.7 Å². The Morgan fingerprint density at radius 2 is 1.14 bits per heavy atom. The zero-order valence-corrected chi connectivity index (χ0v) is 32.2. The molecule has 0 bridgehead atoms. The summed E-state index contributed by atoms with van der Waals surface area (Å²) < 4.78 is 82.3. The van der Waals surface area contributed by atoms with E-state index in [1.165, 1.54) is 27.6 Å². The number of nitrogens with two attached hydrogens (primary N) is 1. The Morgan fingerprint density at radius 3 is 1.49 bits per heavy atom. The molecule has 0 atom stereocenters. The number of carbonyl (C=O) groups excluding carboxylic acids is 3. The lowest BCUT2D eigenvalue weighted by atomic mass is 9.95. The third-order valence-electron chi connectivity index (χ3n) is 9.38. The van der Waals surface area contributed by atoms with Crippen LogP contribution >= 0.6 is 11.3 Å². The maximum atomic E-state index is 13.3. The minimum atomic E-state index is -4.43. The molecule has 304 valence electrons. The van der Waals surface area contributed by atoms with Crippen LogP contribution in [-0.4, -0.2) is 37.3 Å². The normalized spacial score (nSPS) is 13.5. The van der Waals surface area contributed by atoms with Gasteiger partial charge in [-0.3, -0.25) is 14.4 Å². The van der Waals surface area contributed by atoms with Crippen LogP contribution in [-0.2, 0) is 60.7 Å². The summed E-state index contributed by atoms with van der Waals surface area (Å²) >= 11 is 1.36. The van der Waals surface area contributed by atoms with Gasteiger partial charge in [-0.15, -0.1) is 11.3 Å². The van der Waals surface area contributed by atoms with Gasteiger partial charge in [0.25, 0.3) is 5.91 Å². The van der Waals surface area contributed by atoms with Crippen molar-refractivity contribution in [2.24, 2.45) is 5.73 Å². The fourth-order valence-electron chi connectivity index (χ4n) is 6.56. The molecule has 10 nitrogen and oxygen atoms in total. The Morgan fingerprint density at radius 1 is 0.702 bits per heavy atom. The number of nitrogens with one attached hydrogen (secondary N) is 2. The highest BCUT2D eigenvalue weighted by atomic mass is 32.1. The molecular weight excluding hydrogens is 773 g/mol. The predicted molar refractivity (Wildman–Crippen MR) is 203 cm³/mol. The molecule has 3 heterocycles. The molecule has 3 aromatic heterocycles. The Balaban J connectivity index is 0.000000182. The van der Waals surface area contributed by atoms with Crippen molar-refractivity contribution in [2.45, 2.75) is 97.1 Å². The van der Waals surface area contributed by atoms with E-state index < -0.39 is 23.7 Å². The van der Waals surface area contributed by atoms with Crippen molar-refractivity contribution in [1.82, 2.24) is 30.2 Å². The van der Waals surface area contributed by atoms with Gasteiger partial charge in [0, 0.05) is 48.9 Å². The van der Waals surface area contributed by atoms with Crippen LogP contribution in [0.5, 0.6) is 0 Å². The molecule has 0 unspecified atom stereocenters. The number of amides is 3. The number of alkyl halides is 6. The predicted octanol–water partition coefficient (Wildman–Crippen LogP) is 8.05. The third-order valence-corrected chi connectivity index (χ3v) is 10.3. The van der Waals surface area contributed by atoms with Crippen LogP contribution in [0.2, 0.25) is 0 Å². The number of halogens is 6. The summed E-state index contributed by atoms with van der Waals surface area (Å²) in [5.74, 6) is -0.518. The minimum Gasteiger partial charge on any atom is -0.365 e. The molecule has 2 aliphatic rings. The van der Waals surface area contributed by atoms with Gasteiger partial charge in [-0.05, 0) is 98.2 Å². The van der Waals surface area contributed by atoms with Crippen molar-refractivity contribution < 1.29 is 40.7 Å². The number of thiophene rings is 1. The molecule has 2 aromatic carbocycles. The van der Waals surface area contributed by atoms with E-state index in [1.54, 1.807) is 67.6 Å². The van der Waals surface area contributed by atoms with Crippen molar-refractivity contribution in [1.29, 1.82) is 0 Å². The number of primary amides is 1. The van der Waals surface area contributed by atoms with Crippen LogP contribution < -0.4 is 16.4 Å². The number of benzene rings is 2. The summed E-state index contributed by atoms with van der Waals surface area (Å²) in [6.45, 7) is 4.00. The molecule has 0 saturated carbocycles. The second-order valence-electron chi connectivity index (χ2n) is 13.5. The minimum absolute atomic E-state index is 0.0416. The highest BCUT2D eigenvalue weighted by Crippen LogP contribution is 2.38. The van der Waals surface area contributed by atoms with E-state index in [4.69, 9.17) is 5.73 Å². The van der Waals surface area contributed by atoms with Gasteiger partial charge in [-0.25, -0.2) is 9.36 Å². The summed E-state index contributed by atoms with van der Waals surface area (Å²) in [6.07, 6.45) is -3.13. The van der Waals surface area contributed by atoms with Crippen LogP contribution in [0.25, 0.3) is 11.4 Å². The smallest absolute Gasteiger partial charge is 0.365 e. The van der Waals surface area contributed by atoms with Gasteiger partial charge in [0.2, 0.25) is 11.8 Å². The molecular formula is C40H43F6N7O3S. The van der Waals surface area contributed by atoms with Gasteiger partial charge < -0.3 is 16.4 Å². The maximum absolute atomic E-state index is 13.3. The molecule has 0 spiro atoms. The molecule has 17 heteroatoms. The Labute approximate surface area is 329 Å². The van der Waals surface area contributed by atoms with Crippen LogP contribution in [0.15, 0.2) is 66.0 Å². The van der Waals surface area contributed by atoms with E-state index in [-0.39, 0.29) is 17.7 Å². The van der Waals surface area contributed by atoms with Crippen LogP contribution in [0.3, 0.4) is 0 Å². The molecule has 7 rings (SSSR count). The zero-order valence-electron chi connectivity index (χ0n) is 31.4. The van der Waals surface area contributed by atoms with Crippen molar-refractivity contribution in [3.8, 4) is 11.4 Å². The first-order valence-electron chi connectivity index (χ1n) is 18.5. The maximum Gasteiger partial charge on any atom is 0.435 e. The van der Waals surface area contributed by atoms with E-state index in [0.717, 1.165) is 36.8 Å². The number of carbonyl (C=O) groups is 3. The SMILES string of the molecule is CC(=O)NCc1ccc(-n2nc(C(F)(F)F)c3c2CCCC3)cc1.CCC(=O)NCc1ccc(-n2nc(C(F)(F)F)c3c2CCCC3)cc1.NC(=O)c1cccs1. The molecule has 5 aromatic rings. The Kier molecular flexibility index (Phi) is 14.0. The molecule has 2 aliphatic carbocycles. The van der Waals surface area contributed by atoms with Gasteiger partial charge in [0.1, 0.15) is 0 Å². The Hall–Kier alpha value is -5.45. The number of nitrogens with zero attached hydrogens (tertiary/aromatic N) is 4. The van der Waals surface area contributed by atoms with Crippen molar-refractivity contribution in [2.75, 3.05) is 0 Å². The van der Waals surface area contributed by atoms with Crippen LogP contribution in [0.4, 0.5) is 26.3 Å². The summed E-state index contributed by atoms with van der Waals surface area (Å²) in [4.78, 5) is 33.1. The summed E-state index contributed by atoms with van der Waals surface area (Å²) in [5, 5.41) is 15.0. The van der Waals surface area contributed by atoms with Crippen LogP contribution in [0, 0.1) is 0 Å². The van der Waals surface area contributed by atoms with Gasteiger partial charge in [-0.1, -0.05) is 37.3 Å². The standard InChI is InChI=1S/C18H20F3N3O.C17H18F3N3O.C5H5NOS/c1-2-16(25)22-11-12-7-9-13(10-8-12)24-15-6-4-3-5-14(15)17(23-24)18(19,20)21;1-11(24)21-10-12-6-8-13(9-7-12)23-15-5-3-2-4-14(15)16(22-23)17(18,19)20;6-5(7)4-2-1-3-8-4/h7-10H,2-6,11H2,1H3,(H,22,25);6-9H,2-5,10H2,1H3,(H,21,24);1-3H,(H2,6,7). The van der Waals surface area contributed by atoms with E-state index in [0.29, 0.717) is 84.0 Å². The molecule has 57 heavy (non-hydrogen) atoms. The molecule has 4 N–H and O–H groups in total. The molecule has 0 aliphatic heterocycles.